The van der Waals surface area contributed by atoms with Crippen LogP contribution in [0.1, 0.15) is 5.56 Å². The van der Waals surface area contributed by atoms with Crippen molar-refractivity contribution in [3.63, 3.8) is 0 Å². The average molecular weight is 378 g/mol. The molecule has 0 atom stereocenters. The number of benzene rings is 2. The minimum Gasteiger partial charge on any atom is -0.488 e. The lowest BCUT2D eigenvalue weighted by Gasteiger charge is -2.23. The van der Waals surface area contributed by atoms with Crippen molar-refractivity contribution in [3.05, 3.63) is 100 Å². The van der Waals surface area contributed by atoms with Gasteiger partial charge in [-0.05, 0) is 24.3 Å². The Morgan fingerprint density at radius 3 is 2.69 bits per heavy atom. The molecule has 1 aliphatic heterocycles. The molecule has 6 nitrogen and oxygen atoms in total. The molecule has 29 heavy (non-hydrogen) atoms. The lowest BCUT2D eigenvalue weighted by Crippen LogP contribution is -2.27. The van der Waals surface area contributed by atoms with E-state index in [9.17, 15) is 4.79 Å². The summed E-state index contributed by atoms with van der Waals surface area (Å²) in [6.45, 7) is 7.72. The van der Waals surface area contributed by atoms with Crippen molar-refractivity contribution in [3.8, 4) is 33.8 Å². The first-order valence-corrected chi connectivity index (χ1v) is 9.03. The van der Waals surface area contributed by atoms with Crippen molar-refractivity contribution in [1.82, 2.24) is 14.8 Å². The summed E-state index contributed by atoms with van der Waals surface area (Å²) in [6, 6.07) is 18.2. The third kappa shape index (κ3) is 2.68. The van der Waals surface area contributed by atoms with Gasteiger partial charge in [-0.3, -0.25) is 9.78 Å². The van der Waals surface area contributed by atoms with Crippen LogP contribution in [0.5, 0.6) is 5.75 Å². The molecule has 3 heterocycles. The number of para-hydroxylation sites is 3. The fourth-order valence-electron chi connectivity index (χ4n) is 3.56. The molecule has 0 saturated heterocycles. The highest BCUT2D eigenvalue weighted by atomic mass is 16.5. The van der Waals surface area contributed by atoms with E-state index in [0.29, 0.717) is 33.9 Å². The molecule has 1 aliphatic rings. The molecule has 2 aromatic heterocycles. The van der Waals surface area contributed by atoms with Gasteiger partial charge in [-0.25, -0.2) is 9.53 Å². The minimum atomic E-state index is -0.309. The lowest BCUT2D eigenvalue weighted by molar-refractivity contribution is 0.301. The van der Waals surface area contributed by atoms with Crippen LogP contribution in [0.25, 0.3) is 32.9 Å². The van der Waals surface area contributed by atoms with E-state index < -0.39 is 0 Å². The van der Waals surface area contributed by atoms with E-state index in [0.717, 1.165) is 11.1 Å². The summed E-state index contributed by atoms with van der Waals surface area (Å²) in [5.74, 6) is 0.716. The predicted octanol–water partition coefficient (Wildman–Crippen LogP) is 4.40. The zero-order valence-corrected chi connectivity index (χ0v) is 15.2. The number of hydrogen-bond acceptors (Lipinski definition) is 4. The molecular formula is C23H14N4O2. The number of fused-ring (bicyclic) bond motifs is 3. The first-order valence-electron chi connectivity index (χ1n) is 9.03. The number of aromatic nitrogens is 3. The molecule has 0 amide bonds. The number of pyridine rings is 1. The molecule has 5 rings (SSSR count). The smallest absolute Gasteiger partial charge is 0.278 e. The van der Waals surface area contributed by atoms with Crippen LogP contribution in [-0.2, 0) is 6.61 Å². The monoisotopic (exact) mass is 378 g/mol. The fourth-order valence-corrected chi connectivity index (χ4v) is 3.56. The molecule has 0 fully saturated rings. The van der Waals surface area contributed by atoms with Crippen molar-refractivity contribution in [2.75, 3.05) is 0 Å². The van der Waals surface area contributed by atoms with Gasteiger partial charge in [0.25, 0.3) is 5.56 Å². The van der Waals surface area contributed by atoms with Crippen LogP contribution in [0.15, 0.2) is 77.9 Å². The van der Waals surface area contributed by atoms with Crippen molar-refractivity contribution in [1.29, 1.82) is 0 Å². The molecule has 0 unspecified atom stereocenters. The third-order valence-electron chi connectivity index (χ3n) is 4.89. The molecule has 2 aromatic carbocycles. The quantitative estimate of drug-likeness (QED) is 0.485. The second-order valence-electron chi connectivity index (χ2n) is 6.55. The van der Waals surface area contributed by atoms with Gasteiger partial charge >= 0.3 is 0 Å². The second-order valence-corrected chi connectivity index (χ2v) is 6.55. The zero-order valence-electron chi connectivity index (χ0n) is 15.2. The summed E-state index contributed by atoms with van der Waals surface area (Å²) in [5, 5.41) is 4.68. The summed E-state index contributed by atoms with van der Waals surface area (Å²) in [7, 11) is 0. The molecule has 0 bridgehead atoms. The molecule has 0 radical (unpaired) electrons. The van der Waals surface area contributed by atoms with Gasteiger partial charge in [-0.15, -0.1) is 0 Å². The second kappa shape index (κ2) is 6.73. The summed E-state index contributed by atoms with van der Waals surface area (Å²) in [5.41, 5.74) is 3.88. The third-order valence-corrected chi connectivity index (χ3v) is 4.89. The Bertz CT molecular complexity index is 1340. The van der Waals surface area contributed by atoms with E-state index in [-0.39, 0.29) is 12.2 Å². The molecule has 0 saturated carbocycles. The summed E-state index contributed by atoms with van der Waals surface area (Å²) in [6.07, 6.45) is 3.32. The van der Waals surface area contributed by atoms with Crippen LogP contribution < -0.4 is 10.3 Å². The average Bonchev–Trinajstić information content (AvgIpc) is 2.79. The van der Waals surface area contributed by atoms with Crippen LogP contribution in [0.3, 0.4) is 0 Å². The SMILES string of the molecule is [C-]#[N+]c1ccccc1-n1nc2c(c(-c3cccnc3)c1=O)COc1ccccc1-2. The maximum absolute atomic E-state index is 13.5. The van der Waals surface area contributed by atoms with E-state index in [1.807, 2.05) is 30.3 Å². The Morgan fingerprint density at radius 1 is 1.03 bits per heavy atom. The predicted molar refractivity (Wildman–Crippen MR) is 109 cm³/mol. The molecule has 4 aromatic rings. The van der Waals surface area contributed by atoms with Crippen LogP contribution in [-0.4, -0.2) is 14.8 Å². The van der Waals surface area contributed by atoms with Crippen molar-refractivity contribution in [2.24, 2.45) is 0 Å². The first kappa shape index (κ1) is 16.9. The number of hydrogen-bond donors (Lipinski definition) is 0. The maximum Gasteiger partial charge on any atom is 0.278 e. The van der Waals surface area contributed by atoms with E-state index in [4.69, 9.17) is 11.3 Å². The summed E-state index contributed by atoms with van der Waals surface area (Å²) >= 11 is 0. The Labute approximate surface area is 166 Å². The van der Waals surface area contributed by atoms with Crippen molar-refractivity contribution < 1.29 is 4.74 Å². The Morgan fingerprint density at radius 2 is 1.86 bits per heavy atom. The van der Waals surface area contributed by atoms with Gasteiger partial charge in [0.1, 0.15) is 18.1 Å². The Kier molecular flexibility index (Phi) is 3.92. The maximum atomic E-state index is 13.5. The van der Waals surface area contributed by atoms with Gasteiger partial charge < -0.3 is 4.74 Å². The lowest BCUT2D eigenvalue weighted by atomic mass is 9.96. The number of rotatable bonds is 2. The molecule has 6 heteroatoms. The van der Waals surface area contributed by atoms with E-state index in [2.05, 4.69) is 14.9 Å². The highest BCUT2D eigenvalue weighted by molar-refractivity contribution is 5.79. The highest BCUT2D eigenvalue weighted by Crippen LogP contribution is 2.39. The van der Waals surface area contributed by atoms with Gasteiger partial charge in [0.05, 0.1) is 17.8 Å². The fraction of sp³-hybridized carbons (Fsp3) is 0.0435. The van der Waals surface area contributed by atoms with E-state index in [1.165, 1.54) is 4.68 Å². The normalized spacial score (nSPS) is 11.7. The molecule has 0 spiro atoms. The van der Waals surface area contributed by atoms with Crippen LogP contribution >= 0.6 is 0 Å². The topological polar surface area (TPSA) is 61.4 Å². The van der Waals surface area contributed by atoms with Crippen LogP contribution in [0, 0.1) is 6.57 Å². The summed E-state index contributed by atoms with van der Waals surface area (Å²) < 4.78 is 7.22. The van der Waals surface area contributed by atoms with Crippen molar-refractivity contribution >= 4 is 5.69 Å². The molecule has 0 aliphatic carbocycles. The van der Waals surface area contributed by atoms with Crippen molar-refractivity contribution in [2.45, 2.75) is 6.61 Å². The number of ether oxygens (including phenoxy) is 1. The Hall–Kier alpha value is -4.24. The van der Waals surface area contributed by atoms with Crippen LogP contribution in [0.2, 0.25) is 0 Å². The van der Waals surface area contributed by atoms with Crippen LogP contribution in [0.4, 0.5) is 5.69 Å². The molecule has 0 N–H and O–H groups in total. The van der Waals surface area contributed by atoms with Gasteiger partial charge in [0.2, 0.25) is 5.69 Å². The summed E-state index contributed by atoms with van der Waals surface area (Å²) in [4.78, 5) is 21.3. The number of nitrogens with zero attached hydrogens (tertiary/aromatic N) is 4. The van der Waals surface area contributed by atoms with E-state index >= 15 is 0 Å². The molecule has 138 valence electrons. The first-order chi connectivity index (χ1) is 14.3. The van der Waals surface area contributed by atoms with E-state index in [1.54, 1.807) is 42.7 Å². The standard InChI is InChI=1S/C23H14N4O2/c1-24-18-9-3-4-10-19(18)27-23(28)21(15-7-6-12-25-13-15)17-14-29-20-11-5-2-8-16(20)22(17)26-27/h2-13H,14H2. The minimum absolute atomic E-state index is 0.240. The highest BCUT2D eigenvalue weighted by Gasteiger charge is 2.26. The van der Waals surface area contributed by atoms with Gasteiger partial charge in [-0.2, -0.15) is 5.10 Å². The zero-order chi connectivity index (χ0) is 19.8. The van der Waals surface area contributed by atoms with Gasteiger partial charge in [0.15, 0.2) is 0 Å². The van der Waals surface area contributed by atoms with Gasteiger partial charge in [0, 0.05) is 29.1 Å². The van der Waals surface area contributed by atoms with Gasteiger partial charge in [-0.1, -0.05) is 36.4 Å². The largest absolute Gasteiger partial charge is 0.488 e. The molecular weight excluding hydrogens is 364 g/mol. The Balaban J connectivity index is 1.90.